The number of methoxy groups -OCH3 is 1. The molecule has 2 aliphatic carbocycles. The van der Waals surface area contributed by atoms with E-state index in [1.165, 1.54) is 16.2 Å². The van der Waals surface area contributed by atoms with Crippen LogP contribution in [0.3, 0.4) is 0 Å². The minimum atomic E-state index is -0.409. The molecule has 0 spiro atoms. The quantitative estimate of drug-likeness (QED) is 0.223. The van der Waals surface area contributed by atoms with Crippen molar-refractivity contribution in [3.63, 3.8) is 0 Å². The second kappa shape index (κ2) is 10.7. The van der Waals surface area contributed by atoms with E-state index in [0.29, 0.717) is 33.8 Å². The lowest BCUT2D eigenvalue weighted by molar-refractivity contribution is -0.123. The highest BCUT2D eigenvalue weighted by Gasteiger charge is 2.69. The highest BCUT2D eigenvalue weighted by molar-refractivity contribution is 8.00. The van der Waals surface area contributed by atoms with Crippen molar-refractivity contribution in [2.45, 2.75) is 29.2 Å². The van der Waals surface area contributed by atoms with Crippen LogP contribution in [0.4, 0.5) is 5.69 Å². The number of nitrogens with zero attached hydrogens (tertiary/aromatic N) is 1. The first-order valence-electron chi connectivity index (χ1n) is 14.4. The van der Waals surface area contributed by atoms with Crippen LogP contribution in [-0.4, -0.2) is 29.2 Å². The van der Waals surface area contributed by atoms with E-state index in [0.717, 1.165) is 27.5 Å². The Balaban J connectivity index is 1.18. The van der Waals surface area contributed by atoms with Gasteiger partial charge in [-0.05, 0) is 84.3 Å². The number of carbonyl (C=O) groups is 2. The highest BCUT2D eigenvalue weighted by Crippen LogP contribution is 2.69. The number of halogens is 2. The number of hydrogen-bond donors (Lipinski definition) is 1. The number of anilines is 1. The van der Waals surface area contributed by atoms with Gasteiger partial charge in [0.25, 0.3) is 0 Å². The van der Waals surface area contributed by atoms with Gasteiger partial charge in [0.15, 0.2) is 0 Å². The minimum absolute atomic E-state index is 0.0105. The molecule has 2 aliphatic heterocycles. The molecule has 11 heteroatoms. The number of nitrogens with one attached hydrogen (secondary N) is 1. The van der Waals surface area contributed by atoms with Crippen molar-refractivity contribution >= 4 is 63.8 Å². The third-order valence-corrected chi connectivity index (χ3v) is 12.7. The molecule has 0 unspecified atom stereocenters. The van der Waals surface area contributed by atoms with Crippen molar-refractivity contribution in [2.24, 2.45) is 29.6 Å². The van der Waals surface area contributed by atoms with E-state index in [2.05, 4.69) is 4.98 Å². The van der Waals surface area contributed by atoms with Gasteiger partial charge in [-0.1, -0.05) is 46.7 Å². The number of imide groups is 1. The molecule has 3 heterocycles. The van der Waals surface area contributed by atoms with Crippen molar-refractivity contribution in [3.05, 3.63) is 102 Å². The predicted octanol–water partition coefficient (Wildman–Crippen LogP) is 7.01. The topological polar surface area (TPSA) is 88.7 Å². The Labute approximate surface area is 271 Å². The average molecular weight is 666 g/mol. The molecule has 7 atom stereocenters. The first-order valence-corrected chi connectivity index (χ1v) is 16.9. The summed E-state index contributed by atoms with van der Waals surface area (Å²) in [6.07, 6.45) is 0.794. The molecule has 3 fully saturated rings. The summed E-state index contributed by atoms with van der Waals surface area (Å²) in [7, 11) is 1.58. The van der Waals surface area contributed by atoms with Crippen molar-refractivity contribution < 1.29 is 19.1 Å². The molecule has 2 amide bonds. The first-order chi connectivity index (χ1) is 21.3. The molecule has 44 heavy (non-hydrogen) atoms. The van der Waals surface area contributed by atoms with Crippen molar-refractivity contribution in [1.29, 1.82) is 0 Å². The van der Waals surface area contributed by atoms with Crippen LogP contribution >= 0.6 is 46.3 Å². The Morgan fingerprint density at radius 1 is 0.909 bits per heavy atom. The van der Waals surface area contributed by atoms with Gasteiger partial charge >= 0.3 is 4.87 Å². The van der Waals surface area contributed by atoms with Gasteiger partial charge in [0.2, 0.25) is 11.8 Å². The fourth-order valence-corrected chi connectivity index (χ4v) is 11.2. The summed E-state index contributed by atoms with van der Waals surface area (Å²) in [6.45, 7) is 0.332. The van der Waals surface area contributed by atoms with Gasteiger partial charge in [-0.3, -0.25) is 19.3 Å². The Kier molecular flexibility index (Phi) is 6.86. The summed E-state index contributed by atoms with van der Waals surface area (Å²) >= 11 is 15.6. The van der Waals surface area contributed by atoms with Gasteiger partial charge in [0.05, 0.1) is 29.7 Å². The van der Waals surface area contributed by atoms with Crippen LogP contribution < -0.4 is 19.2 Å². The molecule has 1 aromatic heterocycles. The number of aromatic amines is 1. The number of hydrogen-bond acceptors (Lipinski definition) is 7. The highest BCUT2D eigenvalue weighted by atomic mass is 35.5. The molecule has 224 valence electrons. The maximum Gasteiger partial charge on any atom is 0.305 e. The van der Waals surface area contributed by atoms with Gasteiger partial charge < -0.3 is 14.5 Å². The number of ether oxygens (including phenoxy) is 2. The van der Waals surface area contributed by atoms with Gasteiger partial charge in [-0.15, -0.1) is 11.8 Å². The predicted molar refractivity (Wildman–Crippen MR) is 171 cm³/mol. The maximum absolute atomic E-state index is 14.1. The smallest absolute Gasteiger partial charge is 0.305 e. The normalized spacial score (nSPS) is 28.2. The Bertz CT molecular complexity index is 1860. The number of rotatable bonds is 6. The summed E-state index contributed by atoms with van der Waals surface area (Å²) in [6, 6.07) is 20.2. The molecule has 2 saturated carbocycles. The summed E-state index contributed by atoms with van der Waals surface area (Å²) in [5.41, 5.74) is 2.43. The van der Waals surface area contributed by atoms with Crippen LogP contribution in [0.1, 0.15) is 28.3 Å². The molecule has 2 bridgehead atoms. The second-order valence-corrected chi connectivity index (χ2v) is 14.8. The number of benzene rings is 3. The molecule has 7 nitrogen and oxygen atoms in total. The number of thiazole rings is 1. The number of thioether (sulfide) groups is 1. The summed E-state index contributed by atoms with van der Waals surface area (Å²) in [4.78, 5) is 46.0. The van der Waals surface area contributed by atoms with Crippen LogP contribution in [0.5, 0.6) is 11.5 Å². The maximum atomic E-state index is 14.1. The van der Waals surface area contributed by atoms with Gasteiger partial charge in [0, 0.05) is 31.7 Å². The zero-order valence-electron chi connectivity index (χ0n) is 23.4. The third kappa shape index (κ3) is 4.35. The fourth-order valence-electron chi connectivity index (χ4n) is 7.99. The Morgan fingerprint density at radius 3 is 2.34 bits per heavy atom. The molecule has 1 N–H and O–H groups in total. The van der Waals surface area contributed by atoms with Gasteiger partial charge in [-0.2, -0.15) is 0 Å². The zero-order valence-corrected chi connectivity index (χ0v) is 26.5. The van der Waals surface area contributed by atoms with Crippen molar-refractivity contribution in [2.75, 3.05) is 12.0 Å². The molecule has 4 aromatic rings. The number of H-pyrrole nitrogens is 1. The molecule has 0 radical (unpaired) electrons. The van der Waals surface area contributed by atoms with E-state index in [4.69, 9.17) is 32.7 Å². The van der Waals surface area contributed by atoms with E-state index in [-0.39, 0.29) is 51.5 Å². The molecule has 1 saturated heterocycles. The number of carbonyl (C=O) groups excluding carboxylic acids is 2. The van der Waals surface area contributed by atoms with Gasteiger partial charge in [-0.25, -0.2) is 0 Å². The van der Waals surface area contributed by atoms with Crippen LogP contribution in [0, 0.1) is 29.6 Å². The van der Waals surface area contributed by atoms with Crippen LogP contribution in [0.15, 0.2) is 76.6 Å². The zero-order chi connectivity index (χ0) is 30.3. The third-order valence-electron chi connectivity index (χ3n) is 9.67. The second-order valence-electron chi connectivity index (χ2n) is 11.8. The molecular formula is C33H26Cl2N2O5S2. The minimum Gasteiger partial charge on any atom is -0.497 e. The standard InChI is InChI=1S/C33H26Cl2N2O5S2/c1-41-19-9-7-18(8-10-19)37-31(38)26-21-13-22(27(26)32(37)39)28-25(21)24(29-30(43-28)36-33(40)44-29)20-12-17(35)6-11-23(20)42-14-15-2-4-16(34)5-3-15/h2-12,21-22,24-28H,13-14H2,1H3,(H,36,40)/t21-,22-,24+,25+,26+,27+,28-/m1/s1. The largest absolute Gasteiger partial charge is 0.497 e. The van der Waals surface area contributed by atoms with E-state index in [1.807, 2.05) is 36.4 Å². The summed E-state index contributed by atoms with van der Waals surface area (Å²) < 4.78 is 11.7. The lowest BCUT2D eigenvalue weighted by atomic mass is 9.68. The first kappa shape index (κ1) is 28.2. The molecule has 8 rings (SSSR count). The van der Waals surface area contributed by atoms with E-state index >= 15 is 0 Å². The van der Waals surface area contributed by atoms with E-state index in [9.17, 15) is 14.4 Å². The Hall–Kier alpha value is -3.24. The Morgan fingerprint density at radius 2 is 1.61 bits per heavy atom. The fraction of sp³-hybridized carbons (Fsp3) is 0.303. The summed E-state index contributed by atoms with van der Waals surface area (Å²) in [5, 5.41) is 2.11. The number of fused-ring (bicyclic) bond motifs is 9. The average Bonchev–Trinajstić information content (AvgIpc) is 3.76. The molecular weight excluding hydrogens is 639 g/mol. The lowest BCUT2D eigenvalue weighted by Crippen LogP contribution is -2.42. The number of aromatic nitrogens is 1. The molecule has 3 aromatic carbocycles. The summed E-state index contributed by atoms with van der Waals surface area (Å²) in [5.74, 6) is 0.0728. The van der Waals surface area contributed by atoms with Gasteiger partial charge in [0.1, 0.15) is 18.1 Å². The van der Waals surface area contributed by atoms with Crippen molar-refractivity contribution in [1.82, 2.24) is 4.98 Å². The van der Waals surface area contributed by atoms with Crippen LogP contribution in [0.2, 0.25) is 10.0 Å². The van der Waals surface area contributed by atoms with Crippen molar-refractivity contribution in [3.8, 4) is 11.5 Å². The van der Waals surface area contributed by atoms with Crippen LogP contribution in [-0.2, 0) is 16.2 Å². The van der Waals surface area contributed by atoms with Crippen LogP contribution in [0.25, 0.3) is 0 Å². The van der Waals surface area contributed by atoms with E-state index in [1.54, 1.807) is 49.2 Å². The SMILES string of the molecule is COc1ccc(N2C(=O)[C@H]3[C@H]4C[C@@H]([C@@H]3C2=O)[C@H]2[C@H](c3cc(Cl)ccc3OCc3ccc(Cl)cc3)c3sc(=O)[nH]c3S[C@H]42)cc1. The van der Waals surface area contributed by atoms with E-state index < -0.39 is 5.92 Å². The lowest BCUT2D eigenvalue weighted by Gasteiger charge is -2.43. The molecule has 4 aliphatic rings. The monoisotopic (exact) mass is 664 g/mol. The number of amides is 2.